The Morgan fingerprint density at radius 2 is 1.76 bits per heavy atom. The van der Waals surface area contributed by atoms with E-state index in [0.29, 0.717) is 11.3 Å². The van der Waals surface area contributed by atoms with Crippen LogP contribution in [-0.2, 0) is 0 Å². The Hall–Kier alpha value is -2.89. The van der Waals surface area contributed by atoms with E-state index in [9.17, 15) is 14.9 Å². The van der Waals surface area contributed by atoms with Crippen molar-refractivity contribution in [1.29, 1.82) is 0 Å². The Morgan fingerprint density at radius 1 is 1.10 bits per heavy atom. The zero-order chi connectivity index (χ0) is 15.4. The quantitative estimate of drug-likeness (QED) is 0.373. The number of nitro benzene ring substituents is 1. The highest BCUT2D eigenvalue weighted by molar-refractivity contribution is 5.96. The molecule has 21 heavy (non-hydrogen) atoms. The molecule has 2 aromatic rings. The number of carbonyl (C=O) groups is 1. The van der Waals surface area contributed by atoms with Crippen molar-refractivity contribution in [1.82, 2.24) is 0 Å². The lowest BCUT2D eigenvalue weighted by Gasteiger charge is -2.09. The Balaban J connectivity index is 2.38. The SMILES string of the molecule is COc1ccccc1OC(=O)c1cccc(C)c1[N+](=O)[O-]. The van der Waals surface area contributed by atoms with E-state index in [1.807, 2.05) is 0 Å². The second-order valence-electron chi connectivity index (χ2n) is 4.27. The van der Waals surface area contributed by atoms with Gasteiger partial charge < -0.3 is 9.47 Å². The Bertz CT molecular complexity index is 696. The van der Waals surface area contributed by atoms with Crippen molar-refractivity contribution in [3.05, 3.63) is 63.7 Å². The van der Waals surface area contributed by atoms with Crippen LogP contribution in [0.3, 0.4) is 0 Å². The minimum atomic E-state index is -0.796. The molecule has 0 spiro atoms. The summed E-state index contributed by atoms with van der Waals surface area (Å²) in [7, 11) is 1.45. The topological polar surface area (TPSA) is 78.7 Å². The number of benzene rings is 2. The van der Waals surface area contributed by atoms with E-state index in [4.69, 9.17) is 9.47 Å². The van der Waals surface area contributed by atoms with Gasteiger partial charge >= 0.3 is 5.97 Å². The molecule has 2 rings (SSSR count). The third-order valence-electron chi connectivity index (χ3n) is 2.91. The molecule has 0 amide bonds. The molecule has 0 bridgehead atoms. The number of esters is 1. The van der Waals surface area contributed by atoms with Gasteiger partial charge in [-0.15, -0.1) is 0 Å². The zero-order valence-electron chi connectivity index (χ0n) is 11.5. The van der Waals surface area contributed by atoms with Crippen LogP contribution in [0.25, 0.3) is 0 Å². The Morgan fingerprint density at radius 3 is 2.38 bits per heavy atom. The van der Waals surface area contributed by atoms with Gasteiger partial charge in [0.05, 0.1) is 12.0 Å². The van der Waals surface area contributed by atoms with Gasteiger partial charge in [0.1, 0.15) is 5.56 Å². The van der Waals surface area contributed by atoms with E-state index < -0.39 is 10.9 Å². The molecule has 0 atom stereocenters. The van der Waals surface area contributed by atoms with E-state index in [1.54, 1.807) is 43.3 Å². The van der Waals surface area contributed by atoms with Gasteiger partial charge in [-0.3, -0.25) is 10.1 Å². The van der Waals surface area contributed by atoms with Crippen LogP contribution in [0.1, 0.15) is 15.9 Å². The van der Waals surface area contributed by atoms with Crippen LogP contribution < -0.4 is 9.47 Å². The van der Waals surface area contributed by atoms with Crippen LogP contribution in [0.4, 0.5) is 5.69 Å². The smallest absolute Gasteiger partial charge is 0.350 e. The minimum absolute atomic E-state index is 0.0918. The third-order valence-corrected chi connectivity index (χ3v) is 2.91. The predicted octanol–water partition coefficient (Wildman–Crippen LogP) is 3.13. The van der Waals surface area contributed by atoms with Crippen LogP contribution >= 0.6 is 0 Å². The van der Waals surface area contributed by atoms with E-state index in [2.05, 4.69) is 0 Å². The highest BCUT2D eigenvalue weighted by Gasteiger charge is 2.24. The summed E-state index contributed by atoms with van der Waals surface area (Å²) in [4.78, 5) is 22.7. The maximum Gasteiger partial charge on any atom is 0.350 e. The summed E-state index contributed by atoms with van der Waals surface area (Å²) in [6, 6.07) is 11.1. The van der Waals surface area contributed by atoms with Crippen molar-refractivity contribution in [2.75, 3.05) is 7.11 Å². The number of nitrogens with zero attached hydrogens (tertiary/aromatic N) is 1. The highest BCUT2D eigenvalue weighted by Crippen LogP contribution is 2.29. The lowest BCUT2D eigenvalue weighted by atomic mass is 10.1. The van der Waals surface area contributed by atoms with Crippen LogP contribution in [0.5, 0.6) is 11.5 Å². The number of ether oxygens (including phenoxy) is 2. The van der Waals surface area contributed by atoms with E-state index in [-0.39, 0.29) is 17.0 Å². The zero-order valence-corrected chi connectivity index (χ0v) is 11.5. The first kappa shape index (κ1) is 14.5. The minimum Gasteiger partial charge on any atom is -0.493 e. The summed E-state index contributed by atoms with van der Waals surface area (Å²) in [6.07, 6.45) is 0. The summed E-state index contributed by atoms with van der Waals surface area (Å²) < 4.78 is 10.3. The van der Waals surface area contributed by atoms with Gasteiger partial charge in [-0.1, -0.05) is 24.3 Å². The summed E-state index contributed by atoms with van der Waals surface area (Å²) in [5, 5.41) is 11.1. The molecule has 6 heteroatoms. The molecule has 0 aromatic heterocycles. The first-order valence-electron chi connectivity index (χ1n) is 6.13. The molecular formula is C15H13NO5. The number of nitro groups is 1. The summed E-state index contributed by atoms with van der Waals surface area (Å²) in [6.45, 7) is 1.57. The molecule has 0 aliphatic heterocycles. The summed E-state index contributed by atoms with van der Waals surface area (Å²) in [5.74, 6) is -0.211. The molecule has 0 aliphatic rings. The van der Waals surface area contributed by atoms with Crippen molar-refractivity contribution in [3.63, 3.8) is 0 Å². The number of aryl methyl sites for hydroxylation is 1. The fourth-order valence-electron chi connectivity index (χ4n) is 1.92. The number of hydrogen-bond acceptors (Lipinski definition) is 5. The lowest BCUT2D eigenvalue weighted by Crippen LogP contribution is -2.12. The van der Waals surface area contributed by atoms with E-state index in [1.165, 1.54) is 13.2 Å². The Labute approximate surface area is 121 Å². The van der Waals surface area contributed by atoms with Gasteiger partial charge in [0.2, 0.25) is 0 Å². The second-order valence-corrected chi connectivity index (χ2v) is 4.27. The van der Waals surface area contributed by atoms with Gasteiger partial charge in [-0.25, -0.2) is 4.79 Å². The maximum atomic E-state index is 12.2. The first-order valence-corrected chi connectivity index (χ1v) is 6.13. The molecule has 0 N–H and O–H groups in total. The standard InChI is InChI=1S/C15H13NO5/c1-10-6-5-7-11(14(10)16(18)19)15(17)21-13-9-4-3-8-12(13)20-2/h3-9H,1-2H3. The fourth-order valence-corrected chi connectivity index (χ4v) is 1.92. The number of para-hydroxylation sites is 3. The number of rotatable bonds is 4. The maximum absolute atomic E-state index is 12.2. The number of carbonyl (C=O) groups excluding carboxylic acids is 1. The first-order chi connectivity index (χ1) is 10.0. The molecular weight excluding hydrogens is 274 g/mol. The van der Waals surface area contributed by atoms with Crippen molar-refractivity contribution >= 4 is 11.7 Å². The third kappa shape index (κ3) is 3.00. The van der Waals surface area contributed by atoms with Crippen molar-refractivity contribution in [2.24, 2.45) is 0 Å². The van der Waals surface area contributed by atoms with Gasteiger partial charge in [0.25, 0.3) is 5.69 Å². The monoisotopic (exact) mass is 287 g/mol. The van der Waals surface area contributed by atoms with Crippen molar-refractivity contribution in [3.8, 4) is 11.5 Å². The normalized spacial score (nSPS) is 10.0. The molecule has 0 unspecified atom stereocenters. The molecule has 6 nitrogen and oxygen atoms in total. The molecule has 0 saturated carbocycles. The predicted molar refractivity (Wildman–Crippen MR) is 75.8 cm³/mol. The highest BCUT2D eigenvalue weighted by atomic mass is 16.6. The number of hydrogen-bond donors (Lipinski definition) is 0. The Kier molecular flexibility index (Phi) is 4.18. The van der Waals surface area contributed by atoms with Crippen LogP contribution in [0.2, 0.25) is 0 Å². The van der Waals surface area contributed by atoms with Gasteiger partial charge in [-0.2, -0.15) is 0 Å². The van der Waals surface area contributed by atoms with Crippen LogP contribution in [0.15, 0.2) is 42.5 Å². The molecule has 0 fully saturated rings. The average molecular weight is 287 g/mol. The van der Waals surface area contributed by atoms with E-state index >= 15 is 0 Å². The van der Waals surface area contributed by atoms with Crippen LogP contribution in [0, 0.1) is 17.0 Å². The average Bonchev–Trinajstić information content (AvgIpc) is 2.47. The summed E-state index contributed by atoms with van der Waals surface area (Å²) >= 11 is 0. The molecule has 0 heterocycles. The van der Waals surface area contributed by atoms with Crippen molar-refractivity contribution in [2.45, 2.75) is 6.92 Å². The lowest BCUT2D eigenvalue weighted by molar-refractivity contribution is -0.385. The summed E-state index contributed by atoms with van der Waals surface area (Å²) in [5.41, 5.74) is 0.0535. The number of methoxy groups -OCH3 is 1. The fraction of sp³-hybridized carbons (Fsp3) is 0.133. The van der Waals surface area contributed by atoms with Crippen molar-refractivity contribution < 1.29 is 19.2 Å². The molecule has 0 saturated heterocycles. The largest absolute Gasteiger partial charge is 0.493 e. The van der Waals surface area contributed by atoms with Crippen LogP contribution in [-0.4, -0.2) is 18.0 Å². The molecule has 2 aromatic carbocycles. The second kappa shape index (κ2) is 6.04. The van der Waals surface area contributed by atoms with Gasteiger partial charge in [0.15, 0.2) is 11.5 Å². The molecule has 108 valence electrons. The van der Waals surface area contributed by atoms with Gasteiger partial charge in [0, 0.05) is 5.56 Å². The molecule has 0 aliphatic carbocycles. The molecule has 0 radical (unpaired) electrons. The van der Waals surface area contributed by atoms with Gasteiger partial charge in [-0.05, 0) is 25.1 Å². The van der Waals surface area contributed by atoms with E-state index in [0.717, 1.165) is 0 Å².